The van der Waals surface area contributed by atoms with Crippen molar-refractivity contribution in [1.29, 1.82) is 5.26 Å². The van der Waals surface area contributed by atoms with Crippen LogP contribution in [0.15, 0.2) is 54.7 Å². The first kappa shape index (κ1) is 18.6. The predicted molar refractivity (Wildman–Crippen MR) is 116 cm³/mol. The highest BCUT2D eigenvalue weighted by molar-refractivity contribution is 5.85. The predicted octanol–water partition coefficient (Wildman–Crippen LogP) is 4.19. The number of unbranched alkanes of at least 4 members (excludes halogenated alkanes) is 1. The standard InChI is InChI=1S/C24H28N4/c1-26-19-21(23-17-20(18-25)10-11-24(23)26)7-5-6-12-27-13-15-28(16-14-27)22-8-3-2-4-9-22/h2-4,8-11,17,19H,5-7,12-16H2,1H3. The van der Waals surface area contributed by atoms with E-state index >= 15 is 0 Å². The molecular formula is C24H28N4. The van der Waals surface area contributed by atoms with Crippen molar-refractivity contribution in [3.8, 4) is 6.07 Å². The number of anilines is 1. The van der Waals surface area contributed by atoms with Crippen LogP contribution in [0.25, 0.3) is 10.9 Å². The number of aryl methyl sites for hydroxylation is 2. The van der Waals surface area contributed by atoms with Gasteiger partial charge in [-0.3, -0.25) is 4.90 Å². The molecule has 0 atom stereocenters. The molecule has 28 heavy (non-hydrogen) atoms. The molecule has 0 amide bonds. The highest BCUT2D eigenvalue weighted by Crippen LogP contribution is 2.23. The van der Waals surface area contributed by atoms with Crippen LogP contribution >= 0.6 is 0 Å². The maximum Gasteiger partial charge on any atom is 0.0991 e. The van der Waals surface area contributed by atoms with Gasteiger partial charge in [-0.2, -0.15) is 5.26 Å². The van der Waals surface area contributed by atoms with Crippen LogP contribution in [0.3, 0.4) is 0 Å². The van der Waals surface area contributed by atoms with E-state index in [1.165, 1.54) is 41.5 Å². The average molecular weight is 373 g/mol. The summed E-state index contributed by atoms with van der Waals surface area (Å²) in [4.78, 5) is 5.08. The summed E-state index contributed by atoms with van der Waals surface area (Å²) in [5, 5.41) is 10.4. The number of nitriles is 1. The highest BCUT2D eigenvalue weighted by atomic mass is 15.3. The Kier molecular flexibility index (Phi) is 5.64. The van der Waals surface area contributed by atoms with Crippen molar-refractivity contribution in [3.05, 3.63) is 65.9 Å². The molecule has 0 aliphatic carbocycles. The fraction of sp³-hybridized carbons (Fsp3) is 0.375. The van der Waals surface area contributed by atoms with Crippen LogP contribution in [0.5, 0.6) is 0 Å². The van der Waals surface area contributed by atoms with E-state index < -0.39 is 0 Å². The van der Waals surface area contributed by atoms with Crippen LogP contribution in [0.2, 0.25) is 0 Å². The molecular weight excluding hydrogens is 344 g/mol. The SMILES string of the molecule is Cn1cc(CCCCN2CCN(c3ccccc3)CC2)c2cc(C#N)ccc21. The van der Waals surface area contributed by atoms with Crippen molar-refractivity contribution in [1.82, 2.24) is 9.47 Å². The summed E-state index contributed by atoms with van der Waals surface area (Å²) in [5.74, 6) is 0. The zero-order valence-electron chi connectivity index (χ0n) is 16.6. The molecule has 1 aromatic heterocycles. The zero-order chi connectivity index (χ0) is 19.3. The quantitative estimate of drug-likeness (QED) is 0.609. The van der Waals surface area contributed by atoms with Crippen molar-refractivity contribution in [3.63, 3.8) is 0 Å². The number of benzene rings is 2. The lowest BCUT2D eigenvalue weighted by atomic mass is 10.1. The van der Waals surface area contributed by atoms with Gasteiger partial charge in [0.1, 0.15) is 0 Å². The minimum Gasteiger partial charge on any atom is -0.369 e. The van der Waals surface area contributed by atoms with E-state index in [1.807, 2.05) is 12.1 Å². The number of fused-ring (bicyclic) bond motifs is 1. The van der Waals surface area contributed by atoms with E-state index in [4.69, 9.17) is 0 Å². The summed E-state index contributed by atoms with van der Waals surface area (Å²) in [6.45, 7) is 5.70. The molecule has 0 N–H and O–H groups in total. The number of rotatable bonds is 6. The number of nitrogens with zero attached hydrogens (tertiary/aromatic N) is 4. The van der Waals surface area contributed by atoms with Gasteiger partial charge in [-0.05, 0) is 61.7 Å². The average Bonchev–Trinajstić information content (AvgIpc) is 3.07. The van der Waals surface area contributed by atoms with Crippen LogP contribution in [0, 0.1) is 11.3 Å². The van der Waals surface area contributed by atoms with Gasteiger partial charge in [-0.1, -0.05) is 18.2 Å². The van der Waals surface area contributed by atoms with Gasteiger partial charge in [0.05, 0.1) is 11.6 Å². The molecule has 0 bridgehead atoms. The van der Waals surface area contributed by atoms with E-state index in [0.29, 0.717) is 0 Å². The lowest BCUT2D eigenvalue weighted by molar-refractivity contribution is 0.253. The second-order valence-electron chi connectivity index (χ2n) is 7.73. The van der Waals surface area contributed by atoms with Crippen molar-refractivity contribution in [2.75, 3.05) is 37.6 Å². The maximum atomic E-state index is 9.18. The molecule has 4 heteroatoms. The van der Waals surface area contributed by atoms with Crippen LogP contribution in [0.1, 0.15) is 24.0 Å². The van der Waals surface area contributed by atoms with E-state index in [2.05, 4.69) is 70.1 Å². The summed E-state index contributed by atoms with van der Waals surface area (Å²) in [5.41, 5.74) is 4.67. The molecule has 0 radical (unpaired) electrons. The van der Waals surface area contributed by atoms with Crippen molar-refractivity contribution in [2.45, 2.75) is 19.3 Å². The summed E-state index contributed by atoms with van der Waals surface area (Å²) in [7, 11) is 2.09. The van der Waals surface area contributed by atoms with Gasteiger partial charge in [-0.25, -0.2) is 0 Å². The minimum absolute atomic E-state index is 0.747. The Balaban J connectivity index is 1.26. The monoisotopic (exact) mass is 372 g/mol. The fourth-order valence-corrected chi connectivity index (χ4v) is 4.26. The van der Waals surface area contributed by atoms with Gasteiger partial charge in [0.25, 0.3) is 0 Å². The first-order valence-electron chi connectivity index (χ1n) is 10.2. The van der Waals surface area contributed by atoms with Crippen LogP contribution < -0.4 is 4.90 Å². The maximum absolute atomic E-state index is 9.18. The van der Waals surface area contributed by atoms with Gasteiger partial charge < -0.3 is 9.47 Å². The van der Waals surface area contributed by atoms with Gasteiger partial charge in [0, 0.05) is 56.0 Å². The van der Waals surface area contributed by atoms with Crippen LogP contribution in [0.4, 0.5) is 5.69 Å². The second kappa shape index (κ2) is 8.50. The van der Waals surface area contributed by atoms with Crippen LogP contribution in [-0.4, -0.2) is 42.2 Å². The lowest BCUT2D eigenvalue weighted by Gasteiger charge is -2.36. The number of piperazine rings is 1. The number of para-hydroxylation sites is 1. The molecule has 0 unspecified atom stereocenters. The second-order valence-corrected chi connectivity index (χ2v) is 7.73. The normalized spacial score (nSPS) is 15.1. The van der Waals surface area contributed by atoms with E-state index in [-0.39, 0.29) is 0 Å². The van der Waals surface area contributed by atoms with Crippen molar-refractivity contribution < 1.29 is 0 Å². The van der Waals surface area contributed by atoms with Crippen LogP contribution in [-0.2, 0) is 13.5 Å². The Hall–Kier alpha value is -2.77. The summed E-state index contributed by atoms with van der Waals surface area (Å²) >= 11 is 0. The third-order valence-electron chi connectivity index (χ3n) is 5.87. The largest absolute Gasteiger partial charge is 0.369 e. The molecule has 2 aromatic carbocycles. The molecule has 3 aromatic rings. The van der Waals surface area contributed by atoms with E-state index in [9.17, 15) is 5.26 Å². The van der Waals surface area contributed by atoms with Crippen molar-refractivity contribution in [2.24, 2.45) is 7.05 Å². The molecule has 144 valence electrons. The smallest absolute Gasteiger partial charge is 0.0991 e. The van der Waals surface area contributed by atoms with E-state index in [0.717, 1.165) is 38.2 Å². The van der Waals surface area contributed by atoms with Gasteiger partial charge >= 0.3 is 0 Å². The third kappa shape index (κ3) is 4.05. The fourth-order valence-electron chi connectivity index (χ4n) is 4.26. The Morgan fingerprint density at radius 3 is 2.50 bits per heavy atom. The zero-order valence-corrected chi connectivity index (χ0v) is 16.6. The molecule has 1 fully saturated rings. The molecule has 1 aliphatic rings. The molecule has 2 heterocycles. The molecule has 1 saturated heterocycles. The Labute approximate surface area is 167 Å². The summed E-state index contributed by atoms with van der Waals surface area (Å²) < 4.78 is 2.18. The molecule has 1 aliphatic heterocycles. The minimum atomic E-state index is 0.747. The van der Waals surface area contributed by atoms with Gasteiger partial charge in [0.15, 0.2) is 0 Å². The Bertz CT molecular complexity index is 959. The highest BCUT2D eigenvalue weighted by Gasteiger charge is 2.16. The molecule has 0 saturated carbocycles. The van der Waals surface area contributed by atoms with E-state index in [1.54, 1.807) is 0 Å². The number of aromatic nitrogens is 1. The Morgan fingerprint density at radius 2 is 1.75 bits per heavy atom. The molecule has 4 rings (SSSR count). The Morgan fingerprint density at radius 1 is 0.964 bits per heavy atom. The summed E-state index contributed by atoms with van der Waals surface area (Å²) in [6.07, 6.45) is 5.72. The first-order valence-corrected chi connectivity index (χ1v) is 10.2. The molecule has 4 nitrogen and oxygen atoms in total. The lowest BCUT2D eigenvalue weighted by Crippen LogP contribution is -2.46. The third-order valence-corrected chi connectivity index (χ3v) is 5.87. The van der Waals surface area contributed by atoms with Crippen molar-refractivity contribution >= 4 is 16.6 Å². The van der Waals surface area contributed by atoms with Gasteiger partial charge in [0.2, 0.25) is 0 Å². The summed E-state index contributed by atoms with van der Waals surface area (Å²) in [6, 6.07) is 19.0. The first-order chi connectivity index (χ1) is 13.7. The topological polar surface area (TPSA) is 35.2 Å². The number of hydrogen-bond donors (Lipinski definition) is 0. The number of hydrogen-bond acceptors (Lipinski definition) is 3. The van der Waals surface area contributed by atoms with Gasteiger partial charge in [-0.15, -0.1) is 0 Å². The molecule has 0 spiro atoms.